The Hall–Kier alpha value is -0.880. The van der Waals surface area contributed by atoms with Crippen LogP contribution in [0.2, 0.25) is 0 Å². The first-order valence-corrected chi connectivity index (χ1v) is 6.12. The number of ether oxygens (including phenoxy) is 1. The molecule has 1 rings (SSSR count). The van der Waals surface area contributed by atoms with Crippen molar-refractivity contribution in [3.63, 3.8) is 0 Å². The number of alkyl halides is 3. The van der Waals surface area contributed by atoms with Gasteiger partial charge in [-0.2, -0.15) is 11.8 Å². The second-order valence-electron chi connectivity index (χ2n) is 3.55. The lowest BCUT2D eigenvalue weighted by atomic mass is 10.2. The summed E-state index contributed by atoms with van der Waals surface area (Å²) in [6.07, 6.45) is -4.63. The van der Waals surface area contributed by atoms with Crippen LogP contribution in [-0.4, -0.2) is 18.2 Å². The number of thioether (sulfide) groups is 1. The number of rotatable bonds is 5. The molecule has 0 amide bonds. The molecule has 17 heavy (non-hydrogen) atoms. The summed E-state index contributed by atoms with van der Waals surface area (Å²) < 4.78 is 39.5. The Morgan fingerprint density at radius 1 is 1.29 bits per heavy atom. The third kappa shape index (κ3) is 5.83. The maximum absolute atomic E-state index is 11.9. The van der Waals surface area contributed by atoms with Gasteiger partial charge < -0.3 is 10.5 Å². The first-order chi connectivity index (χ1) is 7.90. The molecule has 0 aliphatic carbocycles. The fraction of sp³-hybridized carbons (Fsp3) is 0.455. The minimum absolute atomic E-state index is 0.196. The van der Waals surface area contributed by atoms with Crippen molar-refractivity contribution in [2.24, 2.45) is 5.73 Å². The van der Waals surface area contributed by atoms with Gasteiger partial charge in [-0.05, 0) is 17.7 Å². The fourth-order valence-corrected chi connectivity index (χ4v) is 1.90. The third-order valence-corrected chi connectivity index (χ3v) is 3.28. The van der Waals surface area contributed by atoms with Crippen molar-refractivity contribution in [3.8, 4) is 5.75 Å². The average molecular weight is 265 g/mol. The molecule has 2 N–H and O–H groups in total. The molecule has 0 saturated heterocycles. The molecule has 2 nitrogen and oxygen atoms in total. The number of halogens is 3. The SMILES string of the molecule is CC(CN)SCc1ccc(OC(F)(F)F)cc1. The molecule has 1 aromatic carbocycles. The lowest BCUT2D eigenvalue weighted by Gasteiger charge is -2.10. The topological polar surface area (TPSA) is 35.2 Å². The summed E-state index contributed by atoms with van der Waals surface area (Å²) in [5.74, 6) is 0.531. The van der Waals surface area contributed by atoms with Gasteiger partial charge in [-0.3, -0.25) is 0 Å². The van der Waals surface area contributed by atoms with Crippen molar-refractivity contribution in [3.05, 3.63) is 29.8 Å². The van der Waals surface area contributed by atoms with Crippen LogP contribution in [0.15, 0.2) is 24.3 Å². The molecular weight excluding hydrogens is 251 g/mol. The zero-order chi connectivity index (χ0) is 12.9. The first-order valence-electron chi connectivity index (χ1n) is 5.07. The van der Waals surface area contributed by atoms with Crippen molar-refractivity contribution in [2.45, 2.75) is 24.3 Å². The molecule has 0 aliphatic heterocycles. The van der Waals surface area contributed by atoms with Crippen LogP contribution in [0.3, 0.4) is 0 Å². The molecule has 0 heterocycles. The number of nitrogens with two attached hydrogens (primary N) is 1. The Kier molecular flexibility index (Phi) is 5.14. The summed E-state index contributed by atoms with van der Waals surface area (Å²) in [4.78, 5) is 0. The van der Waals surface area contributed by atoms with Gasteiger partial charge in [0.1, 0.15) is 5.75 Å². The summed E-state index contributed by atoms with van der Waals surface area (Å²) in [6.45, 7) is 2.59. The molecule has 0 bridgehead atoms. The molecule has 6 heteroatoms. The quantitative estimate of drug-likeness (QED) is 0.888. The predicted octanol–water partition coefficient (Wildman–Crippen LogP) is 3.17. The van der Waals surface area contributed by atoms with E-state index < -0.39 is 6.36 Å². The minimum Gasteiger partial charge on any atom is -0.406 e. The lowest BCUT2D eigenvalue weighted by molar-refractivity contribution is -0.274. The highest BCUT2D eigenvalue weighted by molar-refractivity contribution is 7.99. The summed E-state index contributed by atoms with van der Waals surface area (Å²) >= 11 is 1.66. The summed E-state index contributed by atoms with van der Waals surface area (Å²) in [7, 11) is 0. The molecule has 0 saturated carbocycles. The van der Waals surface area contributed by atoms with Crippen molar-refractivity contribution in [2.75, 3.05) is 6.54 Å². The van der Waals surface area contributed by atoms with Crippen LogP contribution < -0.4 is 10.5 Å². The van der Waals surface area contributed by atoms with Crippen LogP contribution in [0.4, 0.5) is 13.2 Å². The van der Waals surface area contributed by atoms with Gasteiger partial charge in [-0.25, -0.2) is 0 Å². The Bertz CT molecular complexity index is 340. The van der Waals surface area contributed by atoms with Gasteiger partial charge in [-0.1, -0.05) is 19.1 Å². The largest absolute Gasteiger partial charge is 0.573 e. The third-order valence-electron chi connectivity index (χ3n) is 2.02. The second-order valence-corrected chi connectivity index (χ2v) is 4.98. The Morgan fingerprint density at radius 3 is 2.35 bits per heavy atom. The molecule has 0 aliphatic rings. The van der Waals surface area contributed by atoms with Crippen LogP contribution in [0.25, 0.3) is 0 Å². The zero-order valence-corrected chi connectivity index (χ0v) is 10.1. The van der Waals surface area contributed by atoms with E-state index in [1.807, 2.05) is 6.92 Å². The van der Waals surface area contributed by atoms with E-state index in [1.165, 1.54) is 12.1 Å². The number of hydrogen-bond acceptors (Lipinski definition) is 3. The molecule has 1 atom stereocenters. The molecule has 0 spiro atoms. The van der Waals surface area contributed by atoms with Gasteiger partial charge in [-0.15, -0.1) is 13.2 Å². The maximum atomic E-state index is 11.9. The first kappa shape index (κ1) is 14.2. The van der Waals surface area contributed by atoms with E-state index in [0.717, 1.165) is 11.3 Å². The number of hydrogen-bond donors (Lipinski definition) is 1. The van der Waals surface area contributed by atoms with Gasteiger partial charge in [0.25, 0.3) is 0 Å². The zero-order valence-electron chi connectivity index (χ0n) is 9.33. The minimum atomic E-state index is -4.63. The average Bonchev–Trinajstić information content (AvgIpc) is 2.25. The monoisotopic (exact) mass is 265 g/mol. The predicted molar refractivity (Wildman–Crippen MR) is 62.9 cm³/mol. The highest BCUT2D eigenvalue weighted by atomic mass is 32.2. The maximum Gasteiger partial charge on any atom is 0.573 e. The Labute approximate surface area is 102 Å². The Balaban J connectivity index is 2.50. The highest BCUT2D eigenvalue weighted by Crippen LogP contribution is 2.24. The standard InChI is InChI=1S/C11H14F3NOS/c1-8(6-15)17-7-9-2-4-10(5-3-9)16-11(12,13)14/h2-5,8H,6-7,15H2,1H3. The van der Waals surface area contributed by atoms with Gasteiger partial charge >= 0.3 is 6.36 Å². The van der Waals surface area contributed by atoms with Crippen LogP contribution in [0.1, 0.15) is 12.5 Å². The molecule has 1 aromatic rings. The summed E-state index contributed by atoms with van der Waals surface area (Å²) in [5, 5.41) is 0.334. The normalized spacial score (nSPS) is 13.5. The molecule has 0 radical (unpaired) electrons. The number of benzene rings is 1. The van der Waals surface area contributed by atoms with Gasteiger partial charge in [0.2, 0.25) is 0 Å². The van der Waals surface area contributed by atoms with E-state index >= 15 is 0 Å². The summed E-state index contributed by atoms with van der Waals surface area (Å²) in [6, 6.07) is 5.88. The van der Waals surface area contributed by atoms with E-state index in [-0.39, 0.29) is 5.75 Å². The fourth-order valence-electron chi connectivity index (χ4n) is 1.09. The van der Waals surface area contributed by atoms with Crippen molar-refractivity contribution in [1.29, 1.82) is 0 Å². The van der Waals surface area contributed by atoms with E-state index in [0.29, 0.717) is 11.8 Å². The Morgan fingerprint density at radius 2 is 1.88 bits per heavy atom. The molecule has 0 fully saturated rings. The molecule has 1 unspecified atom stereocenters. The van der Waals surface area contributed by atoms with Crippen molar-refractivity contribution < 1.29 is 17.9 Å². The van der Waals surface area contributed by atoms with Gasteiger partial charge in [0, 0.05) is 17.5 Å². The molecule has 0 aromatic heterocycles. The smallest absolute Gasteiger partial charge is 0.406 e. The van der Waals surface area contributed by atoms with Gasteiger partial charge in [0.15, 0.2) is 0 Å². The lowest BCUT2D eigenvalue weighted by Crippen LogP contribution is -2.17. The second kappa shape index (κ2) is 6.16. The van der Waals surface area contributed by atoms with Gasteiger partial charge in [0.05, 0.1) is 0 Å². The van der Waals surface area contributed by atoms with E-state index in [2.05, 4.69) is 4.74 Å². The van der Waals surface area contributed by atoms with Crippen LogP contribution in [0.5, 0.6) is 5.75 Å². The van der Waals surface area contributed by atoms with E-state index in [9.17, 15) is 13.2 Å². The van der Waals surface area contributed by atoms with Crippen molar-refractivity contribution in [1.82, 2.24) is 0 Å². The van der Waals surface area contributed by atoms with Crippen LogP contribution >= 0.6 is 11.8 Å². The van der Waals surface area contributed by atoms with Crippen LogP contribution in [-0.2, 0) is 5.75 Å². The molecule has 96 valence electrons. The molecular formula is C11H14F3NOS. The summed E-state index contributed by atoms with van der Waals surface area (Å²) in [5.41, 5.74) is 6.41. The highest BCUT2D eigenvalue weighted by Gasteiger charge is 2.30. The van der Waals surface area contributed by atoms with E-state index in [4.69, 9.17) is 5.73 Å². The van der Waals surface area contributed by atoms with Crippen molar-refractivity contribution >= 4 is 11.8 Å². The van der Waals surface area contributed by atoms with E-state index in [1.54, 1.807) is 23.9 Å². The van der Waals surface area contributed by atoms with Crippen LogP contribution in [0, 0.1) is 0 Å².